The zero-order chi connectivity index (χ0) is 23.1. The van der Waals surface area contributed by atoms with Gasteiger partial charge in [-0.15, -0.1) is 0 Å². The molecule has 2 aromatic rings. The Balaban J connectivity index is 2.11. The van der Waals surface area contributed by atoms with Gasteiger partial charge in [0.05, 0.1) is 17.4 Å². The van der Waals surface area contributed by atoms with E-state index in [0.717, 1.165) is 16.9 Å². The monoisotopic (exact) mass is 428 g/mol. The number of nitrogens with two attached hydrogens (primary N) is 1. The third kappa shape index (κ3) is 4.44. The molecule has 1 aromatic carbocycles. The van der Waals surface area contributed by atoms with Crippen molar-refractivity contribution in [3.8, 4) is 5.69 Å². The van der Waals surface area contributed by atoms with E-state index >= 15 is 0 Å². The Morgan fingerprint density at radius 3 is 2.52 bits per heavy atom. The lowest BCUT2D eigenvalue weighted by atomic mass is 9.95. The Morgan fingerprint density at radius 1 is 1.32 bits per heavy atom. The zero-order valence-electron chi connectivity index (χ0n) is 19.1. The van der Waals surface area contributed by atoms with E-state index in [0.29, 0.717) is 24.4 Å². The summed E-state index contributed by atoms with van der Waals surface area (Å²) < 4.78 is 7.23. The number of carbonyl (C=O) groups is 2. The Kier molecular flexibility index (Phi) is 6.14. The van der Waals surface area contributed by atoms with Crippen LogP contribution in [0.5, 0.6) is 0 Å². The van der Waals surface area contributed by atoms with Crippen molar-refractivity contribution in [1.29, 1.82) is 0 Å². The molecule has 168 valence electrons. The van der Waals surface area contributed by atoms with Gasteiger partial charge in [0.25, 0.3) is 0 Å². The molecule has 0 fully saturated rings. The molecule has 8 nitrogen and oxygen atoms in total. The highest BCUT2D eigenvalue weighted by molar-refractivity contribution is 5.88. The predicted octanol–water partition coefficient (Wildman–Crippen LogP) is 3.80. The first kappa shape index (κ1) is 22.8. The van der Waals surface area contributed by atoms with Gasteiger partial charge in [-0.3, -0.25) is 4.90 Å². The molecule has 1 aromatic heterocycles. The van der Waals surface area contributed by atoms with Crippen LogP contribution in [0, 0.1) is 6.92 Å². The first-order chi connectivity index (χ1) is 14.4. The molecule has 0 saturated heterocycles. The second kappa shape index (κ2) is 8.34. The molecule has 1 aliphatic heterocycles. The first-order valence-electron chi connectivity index (χ1n) is 10.6. The number of carboxylic acids is 1. The molecule has 1 unspecified atom stereocenters. The van der Waals surface area contributed by atoms with Crippen LogP contribution in [0.25, 0.3) is 5.69 Å². The van der Waals surface area contributed by atoms with Gasteiger partial charge in [-0.2, -0.15) is 5.10 Å². The third-order valence-electron chi connectivity index (χ3n) is 5.49. The number of aromatic carboxylic acids is 1. The van der Waals surface area contributed by atoms with Crippen LogP contribution in [0.1, 0.15) is 79.5 Å². The fraction of sp³-hybridized carbons (Fsp3) is 0.522. The smallest absolute Gasteiger partial charge is 0.410 e. The Bertz CT molecular complexity index is 1000. The number of nitrogens with zero attached hydrogens (tertiary/aromatic N) is 3. The first-order valence-corrected chi connectivity index (χ1v) is 10.6. The highest BCUT2D eigenvalue weighted by atomic mass is 16.6. The number of aromatic nitrogens is 2. The highest BCUT2D eigenvalue weighted by Gasteiger charge is 2.39. The van der Waals surface area contributed by atoms with Gasteiger partial charge in [-0.25, -0.2) is 14.3 Å². The number of carbonyl (C=O) groups excluding carboxylic acids is 1. The molecule has 1 aliphatic rings. The molecule has 0 radical (unpaired) electrons. The largest absolute Gasteiger partial charge is 0.476 e. The maximum atomic E-state index is 12.8. The minimum atomic E-state index is -1.14. The summed E-state index contributed by atoms with van der Waals surface area (Å²) in [7, 11) is 0. The van der Waals surface area contributed by atoms with Crippen LogP contribution in [0.2, 0.25) is 0 Å². The van der Waals surface area contributed by atoms with Gasteiger partial charge < -0.3 is 15.6 Å². The minimum Gasteiger partial charge on any atom is -0.476 e. The summed E-state index contributed by atoms with van der Waals surface area (Å²) >= 11 is 0. The summed E-state index contributed by atoms with van der Waals surface area (Å²) in [5.74, 6) is -0.756. The molecule has 0 aliphatic carbocycles. The number of fused-ring (bicyclic) bond motifs is 1. The SMILES string of the molecule is Cc1cc(C(C)C)ccc1-n1nc(C(=O)O)c2c1CCN(C(=O)OC(C)(C)C)C2CN. The summed E-state index contributed by atoms with van der Waals surface area (Å²) in [5, 5.41) is 14.3. The number of benzene rings is 1. The maximum absolute atomic E-state index is 12.8. The van der Waals surface area contributed by atoms with Crippen molar-refractivity contribution < 1.29 is 19.4 Å². The molecule has 1 amide bonds. The number of hydrogen-bond acceptors (Lipinski definition) is 5. The molecule has 8 heteroatoms. The van der Waals surface area contributed by atoms with Crippen LogP contribution in [0.3, 0.4) is 0 Å². The van der Waals surface area contributed by atoms with E-state index < -0.39 is 23.7 Å². The topological polar surface area (TPSA) is 111 Å². The van der Waals surface area contributed by atoms with Gasteiger partial charge in [0.15, 0.2) is 5.69 Å². The van der Waals surface area contributed by atoms with Crippen LogP contribution in [-0.2, 0) is 11.2 Å². The van der Waals surface area contributed by atoms with Crippen molar-refractivity contribution in [3.63, 3.8) is 0 Å². The van der Waals surface area contributed by atoms with Crippen molar-refractivity contribution in [2.24, 2.45) is 5.73 Å². The molecular weight excluding hydrogens is 396 g/mol. The quantitative estimate of drug-likeness (QED) is 0.766. The number of hydrogen-bond donors (Lipinski definition) is 2. The predicted molar refractivity (Wildman–Crippen MR) is 118 cm³/mol. The number of rotatable bonds is 4. The average molecular weight is 429 g/mol. The second-order valence-electron chi connectivity index (χ2n) is 9.30. The maximum Gasteiger partial charge on any atom is 0.410 e. The van der Waals surface area contributed by atoms with E-state index in [1.165, 1.54) is 10.5 Å². The number of ether oxygens (including phenoxy) is 1. The van der Waals surface area contributed by atoms with Crippen molar-refractivity contribution in [2.75, 3.05) is 13.1 Å². The van der Waals surface area contributed by atoms with E-state index in [2.05, 4.69) is 25.0 Å². The lowest BCUT2D eigenvalue weighted by Crippen LogP contribution is -2.46. The van der Waals surface area contributed by atoms with Crippen LogP contribution in [-0.4, -0.2) is 50.5 Å². The molecule has 1 atom stereocenters. The molecule has 0 saturated carbocycles. The van der Waals surface area contributed by atoms with E-state index in [9.17, 15) is 14.7 Å². The Hall–Kier alpha value is -2.87. The van der Waals surface area contributed by atoms with E-state index in [-0.39, 0.29) is 12.2 Å². The van der Waals surface area contributed by atoms with Crippen molar-refractivity contribution in [2.45, 2.75) is 65.5 Å². The standard InChI is InChI=1S/C23H32N4O4/c1-13(2)15-7-8-16(14(3)11-15)27-17-9-10-26(22(30)31-23(4,5)6)18(12-24)19(17)20(25-27)21(28)29/h7-8,11,13,18H,9-10,12,24H2,1-6H3,(H,28,29). The van der Waals surface area contributed by atoms with E-state index in [1.807, 2.05) is 19.1 Å². The molecule has 31 heavy (non-hydrogen) atoms. The van der Waals surface area contributed by atoms with Crippen LogP contribution in [0.4, 0.5) is 4.79 Å². The average Bonchev–Trinajstić information content (AvgIpc) is 3.05. The molecule has 3 rings (SSSR count). The van der Waals surface area contributed by atoms with Gasteiger partial charge in [0.2, 0.25) is 0 Å². The molecule has 3 N–H and O–H groups in total. The molecular formula is C23H32N4O4. The fourth-order valence-electron chi connectivity index (χ4n) is 4.01. The van der Waals surface area contributed by atoms with Gasteiger partial charge in [-0.05, 0) is 50.8 Å². The summed E-state index contributed by atoms with van der Waals surface area (Å²) in [6.07, 6.45) is -0.0494. The summed E-state index contributed by atoms with van der Waals surface area (Å²) in [6, 6.07) is 5.50. The normalized spacial score (nSPS) is 16.4. The highest BCUT2D eigenvalue weighted by Crippen LogP contribution is 2.35. The zero-order valence-corrected chi connectivity index (χ0v) is 19.1. The van der Waals surface area contributed by atoms with E-state index in [4.69, 9.17) is 10.5 Å². The lowest BCUT2D eigenvalue weighted by molar-refractivity contribution is 0.0146. The number of carboxylic acid groups (broad SMARTS) is 1. The summed E-state index contributed by atoms with van der Waals surface area (Å²) in [5.41, 5.74) is 9.59. The number of aryl methyl sites for hydroxylation is 1. The van der Waals surface area contributed by atoms with Crippen molar-refractivity contribution in [3.05, 3.63) is 46.3 Å². The van der Waals surface area contributed by atoms with Crippen LogP contribution >= 0.6 is 0 Å². The lowest BCUT2D eigenvalue weighted by Gasteiger charge is -2.36. The molecule has 2 heterocycles. The van der Waals surface area contributed by atoms with Gasteiger partial charge in [-0.1, -0.05) is 26.0 Å². The van der Waals surface area contributed by atoms with E-state index in [1.54, 1.807) is 25.5 Å². The van der Waals surface area contributed by atoms with Gasteiger partial charge >= 0.3 is 12.1 Å². The van der Waals surface area contributed by atoms with Crippen LogP contribution in [0.15, 0.2) is 18.2 Å². The summed E-state index contributed by atoms with van der Waals surface area (Å²) in [4.78, 5) is 26.4. The van der Waals surface area contributed by atoms with Gasteiger partial charge in [0, 0.05) is 25.1 Å². The summed E-state index contributed by atoms with van der Waals surface area (Å²) in [6.45, 7) is 12.1. The number of amides is 1. The Morgan fingerprint density at radius 2 is 2.00 bits per heavy atom. The molecule has 0 spiro atoms. The minimum absolute atomic E-state index is 0.0729. The fourth-order valence-corrected chi connectivity index (χ4v) is 4.01. The van der Waals surface area contributed by atoms with Crippen LogP contribution < -0.4 is 5.73 Å². The van der Waals surface area contributed by atoms with Crippen molar-refractivity contribution >= 4 is 12.1 Å². The molecule has 0 bridgehead atoms. The second-order valence-corrected chi connectivity index (χ2v) is 9.30. The third-order valence-corrected chi connectivity index (χ3v) is 5.49. The van der Waals surface area contributed by atoms with Gasteiger partial charge in [0.1, 0.15) is 5.60 Å². The van der Waals surface area contributed by atoms with Crippen molar-refractivity contribution in [1.82, 2.24) is 14.7 Å². The Labute approximate surface area is 183 Å².